The maximum absolute atomic E-state index is 9.44. The van der Waals surface area contributed by atoms with Crippen LogP contribution in [-0.4, -0.2) is 22.9 Å². The minimum Gasteiger partial charge on any atom is -0.396 e. The molecular weight excluding hydrogens is 140 g/mol. The molecule has 2 aliphatic rings. The lowest BCUT2D eigenvalue weighted by Gasteiger charge is -2.23. The van der Waals surface area contributed by atoms with Crippen molar-refractivity contribution in [2.24, 2.45) is 17.8 Å². The third-order valence-corrected chi connectivity index (χ3v) is 3.47. The van der Waals surface area contributed by atoms with Crippen LogP contribution in [0.5, 0.6) is 0 Å². The Hall–Kier alpha value is -0.0800. The van der Waals surface area contributed by atoms with Crippen LogP contribution in [-0.2, 0) is 0 Å². The average molecular weight is 156 g/mol. The molecule has 2 nitrogen and oxygen atoms in total. The Bertz CT molecular complexity index is 144. The van der Waals surface area contributed by atoms with E-state index < -0.39 is 0 Å². The highest BCUT2D eigenvalue weighted by molar-refractivity contribution is 4.94. The molecule has 0 saturated heterocycles. The molecule has 64 valence electrons. The largest absolute Gasteiger partial charge is 0.396 e. The lowest BCUT2D eigenvalue weighted by molar-refractivity contribution is 0.0878. The first-order valence-corrected chi connectivity index (χ1v) is 4.60. The summed E-state index contributed by atoms with van der Waals surface area (Å²) in [5.74, 6) is 2.01. The van der Waals surface area contributed by atoms with E-state index in [0.29, 0.717) is 18.4 Å². The van der Waals surface area contributed by atoms with E-state index in [1.165, 1.54) is 6.42 Å². The summed E-state index contributed by atoms with van der Waals surface area (Å²) in [5.41, 5.74) is 0. The van der Waals surface area contributed by atoms with Crippen LogP contribution in [0.25, 0.3) is 0 Å². The van der Waals surface area contributed by atoms with Crippen molar-refractivity contribution in [3.8, 4) is 0 Å². The van der Waals surface area contributed by atoms with Gasteiger partial charge in [-0.3, -0.25) is 0 Å². The van der Waals surface area contributed by atoms with Crippen molar-refractivity contribution in [3.63, 3.8) is 0 Å². The van der Waals surface area contributed by atoms with Crippen LogP contribution in [0.1, 0.15) is 25.7 Å². The van der Waals surface area contributed by atoms with Crippen molar-refractivity contribution < 1.29 is 10.2 Å². The molecule has 4 unspecified atom stereocenters. The van der Waals surface area contributed by atoms with Gasteiger partial charge in [0, 0.05) is 6.61 Å². The van der Waals surface area contributed by atoms with Gasteiger partial charge in [0.25, 0.3) is 0 Å². The number of fused-ring (bicyclic) bond motifs is 2. The van der Waals surface area contributed by atoms with E-state index in [1.54, 1.807) is 0 Å². The van der Waals surface area contributed by atoms with Crippen LogP contribution in [0.15, 0.2) is 0 Å². The predicted molar refractivity (Wildman–Crippen MR) is 42.0 cm³/mol. The van der Waals surface area contributed by atoms with Gasteiger partial charge in [-0.25, -0.2) is 0 Å². The molecule has 11 heavy (non-hydrogen) atoms. The lowest BCUT2D eigenvalue weighted by Crippen LogP contribution is -2.22. The summed E-state index contributed by atoms with van der Waals surface area (Å²) in [6.07, 6.45) is 4.30. The third kappa shape index (κ3) is 1.18. The van der Waals surface area contributed by atoms with Crippen LogP contribution in [0, 0.1) is 17.8 Å². The molecule has 2 heteroatoms. The monoisotopic (exact) mass is 156 g/mol. The fraction of sp³-hybridized carbons (Fsp3) is 1.00. The van der Waals surface area contributed by atoms with Gasteiger partial charge in [-0.15, -0.1) is 0 Å². The van der Waals surface area contributed by atoms with Gasteiger partial charge in [-0.05, 0) is 43.4 Å². The second-order valence-electron chi connectivity index (χ2n) is 4.07. The minimum atomic E-state index is -0.0186. The number of hydrogen-bond donors (Lipinski definition) is 2. The predicted octanol–water partition coefficient (Wildman–Crippen LogP) is 0.776. The first-order valence-electron chi connectivity index (χ1n) is 4.60. The summed E-state index contributed by atoms with van der Waals surface area (Å²) in [6.45, 7) is 0.323. The molecule has 2 aliphatic carbocycles. The van der Waals surface area contributed by atoms with Gasteiger partial charge in [-0.2, -0.15) is 0 Å². The van der Waals surface area contributed by atoms with Crippen LogP contribution < -0.4 is 0 Å². The number of aliphatic hydroxyl groups is 2. The SMILES string of the molecule is OCCC1CC2CC1CC2O. The summed E-state index contributed by atoms with van der Waals surface area (Å²) < 4.78 is 0. The van der Waals surface area contributed by atoms with Crippen LogP contribution in [0.2, 0.25) is 0 Å². The average Bonchev–Trinajstić information content (AvgIpc) is 2.47. The van der Waals surface area contributed by atoms with Crippen molar-refractivity contribution >= 4 is 0 Å². The topological polar surface area (TPSA) is 40.5 Å². The second-order valence-corrected chi connectivity index (χ2v) is 4.07. The van der Waals surface area contributed by atoms with Crippen molar-refractivity contribution in [3.05, 3.63) is 0 Å². The molecule has 0 amide bonds. The minimum absolute atomic E-state index is 0.0186. The molecule has 2 bridgehead atoms. The Morgan fingerprint density at radius 1 is 1.09 bits per heavy atom. The Morgan fingerprint density at radius 3 is 2.36 bits per heavy atom. The number of rotatable bonds is 2. The Balaban J connectivity index is 1.92. The van der Waals surface area contributed by atoms with E-state index in [-0.39, 0.29) is 6.10 Å². The molecule has 4 atom stereocenters. The fourth-order valence-electron chi connectivity index (χ4n) is 2.88. The highest BCUT2D eigenvalue weighted by Crippen LogP contribution is 2.49. The van der Waals surface area contributed by atoms with Gasteiger partial charge < -0.3 is 10.2 Å². The lowest BCUT2D eigenvalue weighted by atomic mass is 9.85. The zero-order valence-electron chi connectivity index (χ0n) is 6.74. The van der Waals surface area contributed by atoms with Crippen LogP contribution in [0.3, 0.4) is 0 Å². The molecule has 0 aromatic carbocycles. The standard InChI is InChI=1S/C9H16O2/c10-2-1-6-3-8-4-7(6)5-9(8)11/h6-11H,1-5H2. The summed E-state index contributed by atoms with van der Waals surface area (Å²) in [6, 6.07) is 0. The van der Waals surface area contributed by atoms with Crippen molar-refractivity contribution in [1.82, 2.24) is 0 Å². The van der Waals surface area contributed by atoms with E-state index in [2.05, 4.69) is 0 Å². The van der Waals surface area contributed by atoms with E-state index in [9.17, 15) is 5.11 Å². The summed E-state index contributed by atoms with van der Waals surface area (Å²) in [4.78, 5) is 0. The molecule has 2 rings (SSSR count). The summed E-state index contributed by atoms with van der Waals surface area (Å²) in [5, 5.41) is 18.2. The molecule has 0 aromatic rings. The Labute approximate surface area is 67.2 Å². The smallest absolute Gasteiger partial charge is 0.0571 e. The zero-order chi connectivity index (χ0) is 7.84. The highest BCUT2D eigenvalue weighted by atomic mass is 16.3. The quantitative estimate of drug-likeness (QED) is 0.620. The second kappa shape index (κ2) is 2.76. The van der Waals surface area contributed by atoms with Gasteiger partial charge in [0.15, 0.2) is 0 Å². The normalized spacial score (nSPS) is 48.5. The molecule has 2 fully saturated rings. The third-order valence-electron chi connectivity index (χ3n) is 3.47. The van der Waals surface area contributed by atoms with Gasteiger partial charge in [0.1, 0.15) is 0 Å². The van der Waals surface area contributed by atoms with Crippen molar-refractivity contribution in [1.29, 1.82) is 0 Å². The Morgan fingerprint density at radius 2 is 1.91 bits per heavy atom. The molecule has 0 spiro atoms. The van der Waals surface area contributed by atoms with E-state index in [0.717, 1.165) is 25.2 Å². The highest BCUT2D eigenvalue weighted by Gasteiger charge is 2.44. The molecule has 0 heterocycles. The van der Waals surface area contributed by atoms with Crippen molar-refractivity contribution in [2.75, 3.05) is 6.61 Å². The fourth-order valence-corrected chi connectivity index (χ4v) is 2.88. The number of hydrogen-bond acceptors (Lipinski definition) is 2. The zero-order valence-corrected chi connectivity index (χ0v) is 6.74. The van der Waals surface area contributed by atoms with Gasteiger partial charge >= 0.3 is 0 Å². The van der Waals surface area contributed by atoms with Crippen molar-refractivity contribution in [2.45, 2.75) is 31.8 Å². The molecule has 2 saturated carbocycles. The van der Waals surface area contributed by atoms with Gasteiger partial charge in [0.2, 0.25) is 0 Å². The van der Waals surface area contributed by atoms with Gasteiger partial charge in [-0.1, -0.05) is 0 Å². The van der Waals surface area contributed by atoms with E-state index in [4.69, 9.17) is 5.11 Å². The van der Waals surface area contributed by atoms with E-state index >= 15 is 0 Å². The molecular formula is C9H16O2. The molecule has 2 N–H and O–H groups in total. The molecule has 0 aliphatic heterocycles. The van der Waals surface area contributed by atoms with Crippen LogP contribution >= 0.6 is 0 Å². The molecule has 0 radical (unpaired) electrons. The number of aliphatic hydroxyl groups excluding tert-OH is 2. The van der Waals surface area contributed by atoms with E-state index in [1.807, 2.05) is 0 Å². The van der Waals surface area contributed by atoms with Crippen LogP contribution in [0.4, 0.5) is 0 Å². The maximum Gasteiger partial charge on any atom is 0.0571 e. The summed E-state index contributed by atoms with van der Waals surface area (Å²) >= 11 is 0. The maximum atomic E-state index is 9.44. The molecule has 0 aromatic heterocycles. The first kappa shape index (κ1) is 7.56. The van der Waals surface area contributed by atoms with Gasteiger partial charge in [0.05, 0.1) is 6.10 Å². The summed E-state index contributed by atoms with van der Waals surface area (Å²) in [7, 11) is 0. The first-order chi connectivity index (χ1) is 5.31. The Kier molecular flexibility index (Phi) is 1.90.